The topological polar surface area (TPSA) is 109 Å². The van der Waals surface area contributed by atoms with Crippen molar-refractivity contribution in [3.63, 3.8) is 0 Å². The summed E-state index contributed by atoms with van der Waals surface area (Å²) >= 11 is 0. The van der Waals surface area contributed by atoms with Crippen molar-refractivity contribution in [1.82, 2.24) is 25.4 Å². The van der Waals surface area contributed by atoms with E-state index in [4.69, 9.17) is 0 Å². The maximum Gasteiger partial charge on any atom is 0.330 e. The zero-order chi connectivity index (χ0) is 11.3. The van der Waals surface area contributed by atoms with Crippen molar-refractivity contribution in [2.24, 2.45) is 0 Å². The highest BCUT2D eigenvalue weighted by Crippen LogP contribution is 1.72. The fourth-order valence-corrected chi connectivity index (χ4v) is 0.925. The molecule has 0 aliphatic carbocycles. The van der Waals surface area contributed by atoms with Gasteiger partial charge in [0.25, 0.3) is 0 Å². The Morgan fingerprint density at radius 1 is 1.60 bits per heavy atom. The molecule has 2 amide bonds. The number of carbonyl (C=O) groups excluding carboxylic acids is 1. The second-order valence-electron chi connectivity index (χ2n) is 2.69. The fourth-order valence-electron chi connectivity index (χ4n) is 0.925. The average Bonchev–Trinajstić information content (AvgIpc) is 2.24. The van der Waals surface area contributed by atoms with Gasteiger partial charge >= 0.3 is 17.1 Å². The number of aromatic amines is 1. The van der Waals surface area contributed by atoms with Crippen LogP contribution in [0.3, 0.4) is 0 Å². The monoisotopic (exact) mass is 213 g/mol. The first kappa shape index (κ1) is 11.0. The summed E-state index contributed by atoms with van der Waals surface area (Å²) < 4.78 is 1.12. The molecule has 0 aliphatic heterocycles. The number of rotatable bonds is 3. The summed E-state index contributed by atoms with van der Waals surface area (Å²) in [4.78, 5) is 32.8. The van der Waals surface area contributed by atoms with Crippen molar-refractivity contribution in [3.05, 3.63) is 27.0 Å². The van der Waals surface area contributed by atoms with E-state index in [1.54, 1.807) is 0 Å². The second-order valence-corrected chi connectivity index (χ2v) is 2.69. The normalized spacial score (nSPS) is 9.67. The molecular formula is C7H11N5O3. The Morgan fingerprint density at radius 3 is 3.00 bits per heavy atom. The SMILES string of the molecule is CNC(=O)NCCn1cn[nH]c(=O)c1=O. The van der Waals surface area contributed by atoms with Gasteiger partial charge in [0.2, 0.25) is 0 Å². The van der Waals surface area contributed by atoms with Crippen LogP contribution in [0.1, 0.15) is 0 Å². The van der Waals surface area contributed by atoms with Crippen LogP contribution in [-0.2, 0) is 6.54 Å². The molecule has 0 bridgehead atoms. The van der Waals surface area contributed by atoms with Gasteiger partial charge in [0.05, 0.1) is 0 Å². The molecule has 1 rings (SSSR count). The van der Waals surface area contributed by atoms with E-state index < -0.39 is 11.1 Å². The standard InChI is InChI=1S/C7H11N5O3/c1-8-7(15)9-2-3-12-4-10-11-5(13)6(12)14/h4H,2-3H2,1H3,(H,11,13)(H2,8,9,15). The van der Waals surface area contributed by atoms with Crippen LogP contribution < -0.4 is 21.8 Å². The molecule has 8 heteroatoms. The Labute approximate surface area is 84.3 Å². The Bertz CT molecular complexity index is 448. The number of aromatic nitrogens is 3. The van der Waals surface area contributed by atoms with Crippen LogP contribution in [0.4, 0.5) is 4.79 Å². The molecule has 0 unspecified atom stereocenters. The molecule has 15 heavy (non-hydrogen) atoms. The molecule has 0 spiro atoms. The third kappa shape index (κ3) is 2.93. The van der Waals surface area contributed by atoms with Crippen molar-refractivity contribution < 1.29 is 4.79 Å². The van der Waals surface area contributed by atoms with E-state index >= 15 is 0 Å². The molecule has 8 nitrogen and oxygen atoms in total. The van der Waals surface area contributed by atoms with Gasteiger partial charge in [-0.1, -0.05) is 0 Å². The van der Waals surface area contributed by atoms with E-state index in [1.165, 1.54) is 13.4 Å². The number of urea groups is 1. The highest BCUT2D eigenvalue weighted by Gasteiger charge is 2.00. The average molecular weight is 213 g/mol. The summed E-state index contributed by atoms with van der Waals surface area (Å²) in [6, 6.07) is -0.346. The van der Waals surface area contributed by atoms with Crippen LogP contribution in [0, 0.1) is 0 Å². The number of hydrogen-bond donors (Lipinski definition) is 3. The van der Waals surface area contributed by atoms with Gasteiger partial charge in [-0.05, 0) is 0 Å². The first-order chi connectivity index (χ1) is 7.15. The highest BCUT2D eigenvalue weighted by atomic mass is 16.2. The van der Waals surface area contributed by atoms with E-state index in [1.807, 2.05) is 5.10 Å². The Kier molecular flexibility index (Phi) is 3.61. The summed E-state index contributed by atoms with van der Waals surface area (Å²) in [6.45, 7) is 0.438. The third-order valence-electron chi connectivity index (χ3n) is 1.68. The van der Waals surface area contributed by atoms with Crippen molar-refractivity contribution in [2.45, 2.75) is 6.54 Å². The lowest BCUT2D eigenvalue weighted by Crippen LogP contribution is -2.40. The van der Waals surface area contributed by atoms with Crippen LogP contribution in [-0.4, -0.2) is 34.4 Å². The maximum absolute atomic E-state index is 11.2. The van der Waals surface area contributed by atoms with Crippen LogP contribution in [0.2, 0.25) is 0 Å². The lowest BCUT2D eigenvalue weighted by Gasteiger charge is -2.05. The Morgan fingerprint density at radius 2 is 2.33 bits per heavy atom. The maximum atomic E-state index is 11.2. The van der Waals surface area contributed by atoms with E-state index in [-0.39, 0.29) is 19.1 Å². The van der Waals surface area contributed by atoms with Gasteiger partial charge in [-0.3, -0.25) is 14.2 Å². The molecule has 0 atom stereocenters. The van der Waals surface area contributed by atoms with E-state index in [0.717, 1.165) is 4.57 Å². The lowest BCUT2D eigenvalue weighted by molar-refractivity contribution is 0.242. The van der Waals surface area contributed by atoms with Crippen molar-refractivity contribution in [1.29, 1.82) is 0 Å². The summed E-state index contributed by atoms with van der Waals surface area (Å²) in [5.41, 5.74) is -1.47. The first-order valence-electron chi connectivity index (χ1n) is 4.25. The fraction of sp³-hybridized carbons (Fsp3) is 0.429. The van der Waals surface area contributed by atoms with Crippen LogP contribution in [0.25, 0.3) is 0 Å². The van der Waals surface area contributed by atoms with Crippen LogP contribution in [0.5, 0.6) is 0 Å². The van der Waals surface area contributed by atoms with Gasteiger partial charge in [0, 0.05) is 20.1 Å². The minimum Gasteiger partial charge on any atom is -0.341 e. The number of H-pyrrole nitrogens is 1. The molecule has 1 aromatic rings. The smallest absolute Gasteiger partial charge is 0.330 e. The minimum absolute atomic E-state index is 0.198. The largest absolute Gasteiger partial charge is 0.341 e. The number of nitrogens with zero attached hydrogens (tertiary/aromatic N) is 2. The van der Waals surface area contributed by atoms with Crippen molar-refractivity contribution in [2.75, 3.05) is 13.6 Å². The van der Waals surface area contributed by atoms with Crippen LogP contribution >= 0.6 is 0 Å². The summed E-state index contributed by atoms with van der Waals surface area (Å²) in [5.74, 6) is 0. The van der Waals surface area contributed by atoms with Gasteiger partial charge in [-0.15, -0.1) is 0 Å². The van der Waals surface area contributed by atoms with Crippen LogP contribution in [0.15, 0.2) is 15.9 Å². The lowest BCUT2D eigenvalue weighted by atomic mass is 10.6. The second kappa shape index (κ2) is 4.94. The zero-order valence-corrected chi connectivity index (χ0v) is 8.11. The van der Waals surface area contributed by atoms with E-state index in [9.17, 15) is 14.4 Å². The summed E-state index contributed by atoms with van der Waals surface area (Å²) in [6.07, 6.45) is 1.20. The molecule has 1 aromatic heterocycles. The third-order valence-corrected chi connectivity index (χ3v) is 1.68. The number of amides is 2. The molecule has 1 heterocycles. The molecule has 0 saturated carbocycles. The molecule has 0 fully saturated rings. The van der Waals surface area contributed by atoms with Gasteiger partial charge in [0.15, 0.2) is 0 Å². The Balaban J connectivity index is 2.59. The van der Waals surface area contributed by atoms with Gasteiger partial charge in [-0.25, -0.2) is 9.89 Å². The Hall–Kier alpha value is -2.12. The first-order valence-corrected chi connectivity index (χ1v) is 4.25. The molecular weight excluding hydrogens is 202 g/mol. The molecule has 3 N–H and O–H groups in total. The molecule has 0 aromatic carbocycles. The highest BCUT2D eigenvalue weighted by molar-refractivity contribution is 5.73. The quantitative estimate of drug-likeness (QED) is 0.498. The zero-order valence-electron chi connectivity index (χ0n) is 8.11. The molecule has 82 valence electrons. The van der Waals surface area contributed by atoms with Gasteiger partial charge < -0.3 is 10.6 Å². The summed E-state index contributed by atoms with van der Waals surface area (Å²) in [7, 11) is 1.48. The van der Waals surface area contributed by atoms with Crippen molar-refractivity contribution in [3.8, 4) is 0 Å². The summed E-state index contributed by atoms with van der Waals surface area (Å²) in [5, 5.41) is 10.3. The molecule has 0 radical (unpaired) electrons. The molecule has 0 saturated heterocycles. The predicted molar refractivity (Wildman–Crippen MR) is 51.6 cm³/mol. The molecule has 0 aliphatic rings. The number of carbonyl (C=O) groups is 1. The number of nitrogens with one attached hydrogen (secondary N) is 3. The number of hydrogen-bond acceptors (Lipinski definition) is 4. The van der Waals surface area contributed by atoms with Crippen molar-refractivity contribution >= 4 is 6.03 Å². The van der Waals surface area contributed by atoms with Gasteiger partial charge in [0.1, 0.15) is 6.33 Å². The minimum atomic E-state index is -0.780. The van der Waals surface area contributed by atoms with Gasteiger partial charge in [-0.2, -0.15) is 5.10 Å². The predicted octanol–water partition coefficient (Wildman–Crippen LogP) is -2.14. The van der Waals surface area contributed by atoms with E-state index in [2.05, 4.69) is 15.7 Å². The van der Waals surface area contributed by atoms with E-state index in [0.29, 0.717) is 0 Å².